The molecule has 112 valence electrons. The van der Waals surface area contributed by atoms with Crippen molar-refractivity contribution in [1.82, 2.24) is 9.97 Å². The summed E-state index contributed by atoms with van der Waals surface area (Å²) >= 11 is 5.96. The van der Waals surface area contributed by atoms with Crippen LogP contribution in [0.3, 0.4) is 0 Å². The first-order chi connectivity index (χ1) is 11.1. The summed E-state index contributed by atoms with van der Waals surface area (Å²) in [6, 6.07) is 12.9. The molecule has 1 heterocycles. The number of allylic oxidation sites excluding steroid dienone is 1. The van der Waals surface area contributed by atoms with Crippen LogP contribution in [-0.2, 0) is 0 Å². The van der Waals surface area contributed by atoms with E-state index in [1.165, 1.54) is 24.3 Å². The molecule has 4 nitrogen and oxygen atoms in total. The van der Waals surface area contributed by atoms with Gasteiger partial charge in [-0.15, -0.1) is 0 Å². The fraction of sp³-hybridized carbons (Fsp3) is 0. The molecule has 0 saturated carbocycles. The Balaban J connectivity index is 2.21. The lowest BCUT2D eigenvalue weighted by Gasteiger charge is -2.04. The van der Waals surface area contributed by atoms with Crippen molar-refractivity contribution in [3.8, 4) is 6.07 Å². The first kappa shape index (κ1) is 14.9. The maximum Gasteiger partial charge on any atom is 0.259 e. The van der Waals surface area contributed by atoms with E-state index in [1.807, 2.05) is 6.07 Å². The Labute approximate surface area is 135 Å². The van der Waals surface area contributed by atoms with Gasteiger partial charge in [0.25, 0.3) is 5.56 Å². The summed E-state index contributed by atoms with van der Waals surface area (Å²) in [5.41, 5.74) is 0.166. The van der Waals surface area contributed by atoms with Crippen molar-refractivity contribution in [3.05, 3.63) is 75.0 Å². The number of fused-ring (bicyclic) bond motifs is 1. The third kappa shape index (κ3) is 2.85. The highest BCUT2D eigenvalue weighted by Crippen LogP contribution is 2.24. The van der Waals surface area contributed by atoms with Crippen LogP contribution in [0.1, 0.15) is 11.4 Å². The molecule has 1 N–H and O–H groups in total. The van der Waals surface area contributed by atoms with E-state index in [-0.39, 0.29) is 27.5 Å². The molecule has 0 radical (unpaired) electrons. The zero-order valence-electron chi connectivity index (χ0n) is 11.7. The van der Waals surface area contributed by atoms with Crippen molar-refractivity contribution >= 4 is 34.2 Å². The van der Waals surface area contributed by atoms with Gasteiger partial charge >= 0.3 is 0 Å². The van der Waals surface area contributed by atoms with Crippen molar-refractivity contribution in [1.29, 1.82) is 5.26 Å². The van der Waals surface area contributed by atoms with E-state index in [0.29, 0.717) is 10.9 Å². The van der Waals surface area contributed by atoms with Crippen LogP contribution in [0.15, 0.2) is 47.3 Å². The fourth-order valence-corrected chi connectivity index (χ4v) is 2.38. The van der Waals surface area contributed by atoms with Crippen molar-refractivity contribution in [3.63, 3.8) is 0 Å². The van der Waals surface area contributed by atoms with Gasteiger partial charge in [0.15, 0.2) is 5.82 Å². The highest BCUT2D eigenvalue weighted by molar-refractivity contribution is 6.32. The van der Waals surface area contributed by atoms with E-state index >= 15 is 0 Å². The number of halogens is 2. The molecule has 0 fully saturated rings. The summed E-state index contributed by atoms with van der Waals surface area (Å²) in [5.74, 6) is -0.496. The summed E-state index contributed by atoms with van der Waals surface area (Å²) in [4.78, 5) is 18.9. The smallest absolute Gasteiger partial charge is 0.259 e. The molecule has 2 aromatic carbocycles. The molecule has 0 aliphatic rings. The number of aromatic nitrogens is 2. The van der Waals surface area contributed by atoms with E-state index in [9.17, 15) is 14.4 Å². The zero-order chi connectivity index (χ0) is 16.4. The first-order valence-electron chi connectivity index (χ1n) is 6.65. The molecule has 3 aromatic rings. The van der Waals surface area contributed by atoms with Gasteiger partial charge < -0.3 is 4.98 Å². The van der Waals surface area contributed by atoms with E-state index < -0.39 is 5.82 Å². The minimum Gasteiger partial charge on any atom is -0.305 e. The molecule has 0 atom stereocenters. The molecule has 0 aliphatic carbocycles. The third-order valence-electron chi connectivity index (χ3n) is 3.28. The molecular weight excluding hydrogens is 317 g/mol. The lowest BCUT2D eigenvalue weighted by Crippen LogP contribution is -2.11. The van der Waals surface area contributed by atoms with E-state index in [0.717, 1.165) is 0 Å². The molecule has 6 heteroatoms. The zero-order valence-corrected chi connectivity index (χ0v) is 12.4. The number of hydrogen-bond donors (Lipinski definition) is 1. The number of nitrogens with one attached hydrogen (secondary N) is 1. The number of benzene rings is 2. The second-order valence-corrected chi connectivity index (χ2v) is 5.14. The van der Waals surface area contributed by atoms with Crippen LogP contribution in [0.25, 0.3) is 22.6 Å². The predicted molar refractivity (Wildman–Crippen MR) is 87.3 cm³/mol. The minimum atomic E-state index is -0.562. The predicted octanol–water partition coefficient (Wildman–Crippen LogP) is 3.78. The number of nitrogens with zero attached hydrogens (tertiary/aromatic N) is 2. The van der Waals surface area contributed by atoms with Crippen molar-refractivity contribution in [2.45, 2.75) is 0 Å². The van der Waals surface area contributed by atoms with Crippen LogP contribution in [0.2, 0.25) is 5.02 Å². The van der Waals surface area contributed by atoms with Gasteiger partial charge in [-0.3, -0.25) is 4.79 Å². The van der Waals surface area contributed by atoms with Gasteiger partial charge in [0.2, 0.25) is 0 Å². The van der Waals surface area contributed by atoms with Gasteiger partial charge in [-0.1, -0.05) is 29.8 Å². The van der Waals surface area contributed by atoms with E-state index in [1.54, 1.807) is 24.3 Å². The molecule has 3 rings (SSSR count). The van der Waals surface area contributed by atoms with Gasteiger partial charge in [0.1, 0.15) is 11.9 Å². The fourth-order valence-electron chi connectivity index (χ4n) is 2.16. The second-order valence-electron chi connectivity index (χ2n) is 4.74. The van der Waals surface area contributed by atoms with Crippen LogP contribution in [0, 0.1) is 17.1 Å². The molecule has 23 heavy (non-hydrogen) atoms. The highest BCUT2D eigenvalue weighted by Gasteiger charge is 2.11. The van der Waals surface area contributed by atoms with Crippen LogP contribution < -0.4 is 5.56 Å². The Morgan fingerprint density at radius 3 is 2.78 bits per heavy atom. The number of nitriles is 1. The average molecular weight is 326 g/mol. The molecule has 0 aliphatic heterocycles. The first-order valence-corrected chi connectivity index (χ1v) is 7.03. The number of aromatic amines is 1. The number of rotatable bonds is 2. The monoisotopic (exact) mass is 325 g/mol. The van der Waals surface area contributed by atoms with Crippen LogP contribution in [0.5, 0.6) is 0 Å². The third-order valence-corrected chi connectivity index (χ3v) is 3.61. The quantitative estimate of drug-likeness (QED) is 0.729. The van der Waals surface area contributed by atoms with Gasteiger partial charge in [-0.25, -0.2) is 9.37 Å². The number of para-hydroxylation sites is 1. The SMILES string of the molecule is N#C/C(=C/c1c(F)cccc1Cl)c1nc2ccccc2c(=O)[nH]1. The molecule has 0 saturated heterocycles. The maximum absolute atomic E-state index is 13.9. The average Bonchev–Trinajstić information content (AvgIpc) is 2.55. The Morgan fingerprint density at radius 2 is 2.04 bits per heavy atom. The molecule has 0 amide bonds. The summed E-state index contributed by atoms with van der Waals surface area (Å²) in [6.07, 6.45) is 1.27. The standard InChI is InChI=1S/C17H9ClFN3O/c18-13-5-3-6-14(19)12(13)8-10(9-20)16-21-15-7-2-1-4-11(15)17(23)22-16/h1-8H,(H,21,22,23)/b10-8-. The number of hydrogen-bond acceptors (Lipinski definition) is 3. The lowest BCUT2D eigenvalue weighted by molar-refractivity contribution is 0.625. The normalized spacial score (nSPS) is 11.4. The molecule has 0 spiro atoms. The summed E-state index contributed by atoms with van der Waals surface area (Å²) in [6.45, 7) is 0. The van der Waals surface area contributed by atoms with Crippen LogP contribution in [-0.4, -0.2) is 9.97 Å². The second kappa shape index (κ2) is 6.03. The topological polar surface area (TPSA) is 69.5 Å². The Morgan fingerprint density at radius 1 is 1.26 bits per heavy atom. The summed E-state index contributed by atoms with van der Waals surface area (Å²) in [5, 5.41) is 9.92. The van der Waals surface area contributed by atoms with Crippen molar-refractivity contribution in [2.24, 2.45) is 0 Å². The van der Waals surface area contributed by atoms with Gasteiger partial charge in [-0.05, 0) is 30.3 Å². The van der Waals surface area contributed by atoms with Gasteiger partial charge in [-0.2, -0.15) is 5.26 Å². The number of H-pyrrole nitrogens is 1. The summed E-state index contributed by atoms with van der Waals surface area (Å²) in [7, 11) is 0. The molecular formula is C17H9ClFN3O. The summed E-state index contributed by atoms with van der Waals surface area (Å²) < 4.78 is 13.9. The van der Waals surface area contributed by atoms with Gasteiger partial charge in [0.05, 0.1) is 21.5 Å². The molecule has 0 unspecified atom stereocenters. The molecule has 1 aromatic heterocycles. The Hall–Kier alpha value is -2.97. The van der Waals surface area contributed by atoms with Crippen molar-refractivity contribution < 1.29 is 4.39 Å². The van der Waals surface area contributed by atoms with Gasteiger partial charge in [0, 0.05) is 5.56 Å². The van der Waals surface area contributed by atoms with Crippen LogP contribution >= 0.6 is 11.6 Å². The van der Waals surface area contributed by atoms with E-state index in [4.69, 9.17) is 11.6 Å². The minimum absolute atomic E-state index is 0.0138. The van der Waals surface area contributed by atoms with Crippen molar-refractivity contribution in [2.75, 3.05) is 0 Å². The highest BCUT2D eigenvalue weighted by atomic mass is 35.5. The largest absolute Gasteiger partial charge is 0.305 e. The lowest BCUT2D eigenvalue weighted by atomic mass is 10.1. The Kier molecular flexibility index (Phi) is 3.92. The van der Waals surface area contributed by atoms with E-state index in [2.05, 4.69) is 9.97 Å². The Bertz CT molecular complexity index is 1010. The molecule has 0 bridgehead atoms. The maximum atomic E-state index is 13.9. The van der Waals surface area contributed by atoms with Crippen LogP contribution in [0.4, 0.5) is 4.39 Å².